The van der Waals surface area contributed by atoms with Crippen LogP contribution in [-0.2, 0) is 6.54 Å². The van der Waals surface area contributed by atoms with Crippen molar-refractivity contribution in [1.82, 2.24) is 19.5 Å². The smallest absolute Gasteiger partial charge is 0.141 e. The van der Waals surface area contributed by atoms with Crippen LogP contribution < -0.4 is 4.90 Å². The molecular weight excluding hydrogens is 306 g/mol. The Morgan fingerprint density at radius 2 is 2.13 bits per heavy atom. The molecule has 1 atom stereocenters. The molecule has 0 saturated carbocycles. The van der Waals surface area contributed by atoms with Gasteiger partial charge in [0.2, 0.25) is 0 Å². The molecule has 4 heterocycles. The Morgan fingerprint density at radius 3 is 2.91 bits per heavy atom. The topological polar surface area (TPSA) is 46.8 Å². The fourth-order valence-electron chi connectivity index (χ4n) is 3.50. The molecule has 0 aromatic carbocycles. The number of nitrogens with zero attached hydrogens (tertiary/aromatic N) is 5. The number of fused-ring (bicyclic) bond motifs is 1. The summed E-state index contributed by atoms with van der Waals surface area (Å²) in [6.45, 7) is 8.25. The van der Waals surface area contributed by atoms with Crippen LogP contribution in [0.15, 0.2) is 17.8 Å². The van der Waals surface area contributed by atoms with E-state index < -0.39 is 0 Å². The number of anilines is 1. The van der Waals surface area contributed by atoms with Crippen molar-refractivity contribution in [2.45, 2.75) is 46.2 Å². The Kier molecular flexibility index (Phi) is 3.56. The van der Waals surface area contributed by atoms with Crippen LogP contribution >= 0.6 is 11.3 Å². The molecule has 120 valence electrons. The molecule has 1 unspecified atom stereocenters. The number of aryl methyl sites for hydroxylation is 3. The second-order valence-corrected chi connectivity index (χ2v) is 7.17. The molecule has 23 heavy (non-hydrogen) atoms. The zero-order valence-electron chi connectivity index (χ0n) is 13.8. The Bertz CT molecular complexity index is 850. The highest BCUT2D eigenvalue weighted by molar-refractivity contribution is 7.17. The summed E-state index contributed by atoms with van der Waals surface area (Å²) in [5.41, 5.74) is 1.28. The summed E-state index contributed by atoms with van der Waals surface area (Å²) in [4.78, 5) is 17.4. The van der Waals surface area contributed by atoms with Gasteiger partial charge in [-0.05, 0) is 44.6 Å². The molecule has 0 bridgehead atoms. The van der Waals surface area contributed by atoms with Crippen LogP contribution in [0.25, 0.3) is 10.2 Å². The summed E-state index contributed by atoms with van der Waals surface area (Å²) >= 11 is 1.72. The minimum absolute atomic E-state index is 0.472. The Hall–Kier alpha value is -1.95. The van der Waals surface area contributed by atoms with E-state index in [0.29, 0.717) is 6.04 Å². The van der Waals surface area contributed by atoms with E-state index in [0.717, 1.165) is 35.4 Å². The van der Waals surface area contributed by atoms with Gasteiger partial charge in [0.05, 0.1) is 5.39 Å². The van der Waals surface area contributed by atoms with E-state index in [9.17, 15) is 0 Å². The fraction of sp³-hybridized carbons (Fsp3) is 0.471. The summed E-state index contributed by atoms with van der Waals surface area (Å²) in [5, 5.41) is 3.42. The van der Waals surface area contributed by atoms with Gasteiger partial charge in [-0.15, -0.1) is 11.3 Å². The largest absolute Gasteiger partial charge is 0.351 e. The highest BCUT2D eigenvalue weighted by atomic mass is 32.1. The molecule has 4 rings (SSSR count). The summed E-state index contributed by atoms with van der Waals surface area (Å²) in [6.07, 6.45) is 6.37. The van der Waals surface area contributed by atoms with Gasteiger partial charge in [0, 0.05) is 31.5 Å². The van der Waals surface area contributed by atoms with Gasteiger partial charge in [-0.3, -0.25) is 0 Å². The minimum Gasteiger partial charge on any atom is -0.351 e. The third-order valence-electron chi connectivity index (χ3n) is 4.69. The van der Waals surface area contributed by atoms with Crippen LogP contribution in [0.1, 0.15) is 30.1 Å². The van der Waals surface area contributed by atoms with E-state index in [-0.39, 0.29) is 0 Å². The van der Waals surface area contributed by atoms with Crippen LogP contribution in [0, 0.1) is 20.8 Å². The van der Waals surface area contributed by atoms with E-state index >= 15 is 0 Å². The first kappa shape index (κ1) is 14.6. The van der Waals surface area contributed by atoms with Crippen LogP contribution in [0.3, 0.4) is 0 Å². The first-order valence-electron chi connectivity index (χ1n) is 8.10. The zero-order chi connectivity index (χ0) is 16.0. The number of imidazole rings is 1. The third-order valence-corrected chi connectivity index (χ3v) is 5.68. The van der Waals surface area contributed by atoms with Crippen LogP contribution in [-0.4, -0.2) is 32.1 Å². The fourth-order valence-corrected chi connectivity index (χ4v) is 4.46. The summed E-state index contributed by atoms with van der Waals surface area (Å²) in [6, 6.07) is 0.472. The van der Waals surface area contributed by atoms with Crippen LogP contribution in [0.4, 0.5) is 5.82 Å². The van der Waals surface area contributed by atoms with Crippen molar-refractivity contribution in [3.05, 3.63) is 35.0 Å². The molecule has 6 heteroatoms. The molecule has 1 fully saturated rings. The van der Waals surface area contributed by atoms with E-state index in [1.165, 1.54) is 23.8 Å². The molecule has 1 aliphatic heterocycles. The zero-order valence-corrected chi connectivity index (χ0v) is 14.6. The highest BCUT2D eigenvalue weighted by Gasteiger charge is 2.28. The molecule has 5 nitrogen and oxygen atoms in total. The first-order chi connectivity index (χ1) is 11.1. The predicted octanol–water partition coefficient (Wildman–Crippen LogP) is 3.48. The number of rotatable bonds is 3. The van der Waals surface area contributed by atoms with Crippen molar-refractivity contribution in [3.8, 4) is 0 Å². The van der Waals surface area contributed by atoms with Gasteiger partial charge in [0.25, 0.3) is 0 Å². The highest BCUT2D eigenvalue weighted by Crippen LogP contribution is 2.35. The van der Waals surface area contributed by atoms with Gasteiger partial charge < -0.3 is 9.47 Å². The van der Waals surface area contributed by atoms with Gasteiger partial charge in [0.1, 0.15) is 22.3 Å². The minimum atomic E-state index is 0.472. The molecule has 1 saturated heterocycles. The van der Waals surface area contributed by atoms with E-state index in [1.54, 1.807) is 11.3 Å². The maximum Gasteiger partial charge on any atom is 0.141 e. The number of hydrogen-bond donors (Lipinski definition) is 0. The third kappa shape index (κ3) is 2.51. The number of hydrogen-bond acceptors (Lipinski definition) is 5. The van der Waals surface area contributed by atoms with Gasteiger partial charge in [-0.25, -0.2) is 15.0 Å². The van der Waals surface area contributed by atoms with Crippen molar-refractivity contribution in [1.29, 1.82) is 0 Å². The van der Waals surface area contributed by atoms with Gasteiger partial charge in [-0.2, -0.15) is 0 Å². The van der Waals surface area contributed by atoms with Crippen LogP contribution in [0.2, 0.25) is 0 Å². The Morgan fingerprint density at radius 1 is 1.26 bits per heavy atom. The van der Waals surface area contributed by atoms with Crippen LogP contribution in [0.5, 0.6) is 0 Å². The second-order valence-electron chi connectivity index (χ2n) is 6.31. The lowest BCUT2D eigenvalue weighted by molar-refractivity contribution is 0.538. The molecule has 0 aliphatic carbocycles. The standard InChI is InChI=1S/C17H21N5S/c1-11-10-23-17-15(11)16(19-12(2)20-17)22-7-4-5-14(22)9-21-8-6-18-13(21)3/h6,8,10,14H,4-5,7,9H2,1-3H3. The lowest BCUT2D eigenvalue weighted by atomic mass is 10.2. The monoisotopic (exact) mass is 327 g/mol. The molecule has 0 radical (unpaired) electrons. The van der Waals surface area contributed by atoms with Gasteiger partial charge >= 0.3 is 0 Å². The Balaban J connectivity index is 1.74. The number of thiophene rings is 1. The lowest BCUT2D eigenvalue weighted by Gasteiger charge is -2.27. The molecular formula is C17H21N5S. The van der Waals surface area contributed by atoms with Gasteiger partial charge in [-0.1, -0.05) is 0 Å². The summed E-state index contributed by atoms with van der Waals surface area (Å²) in [7, 11) is 0. The normalized spacial score (nSPS) is 18.2. The molecule has 3 aromatic rings. The van der Waals surface area contributed by atoms with Crippen molar-refractivity contribution in [2.75, 3.05) is 11.4 Å². The van der Waals surface area contributed by atoms with Gasteiger partial charge in [0.15, 0.2) is 0 Å². The number of aromatic nitrogens is 4. The predicted molar refractivity (Wildman–Crippen MR) is 94.2 cm³/mol. The van der Waals surface area contributed by atoms with E-state index in [2.05, 4.69) is 44.9 Å². The summed E-state index contributed by atoms with van der Waals surface area (Å²) in [5.74, 6) is 3.05. The summed E-state index contributed by atoms with van der Waals surface area (Å²) < 4.78 is 2.24. The maximum absolute atomic E-state index is 4.81. The maximum atomic E-state index is 4.81. The second kappa shape index (κ2) is 5.60. The Labute approximate surface area is 140 Å². The molecule has 0 amide bonds. The average molecular weight is 327 g/mol. The van der Waals surface area contributed by atoms with E-state index in [1.807, 2.05) is 13.1 Å². The average Bonchev–Trinajstić information content (AvgIpc) is 3.22. The SMILES string of the molecule is Cc1nc(N2CCCC2Cn2ccnc2C)c2c(C)csc2n1. The van der Waals surface area contributed by atoms with E-state index in [4.69, 9.17) is 4.98 Å². The van der Waals surface area contributed by atoms with Crippen molar-refractivity contribution >= 4 is 27.4 Å². The van der Waals surface area contributed by atoms with Crippen molar-refractivity contribution in [2.24, 2.45) is 0 Å². The molecule has 0 N–H and O–H groups in total. The molecule has 3 aromatic heterocycles. The quantitative estimate of drug-likeness (QED) is 0.739. The first-order valence-corrected chi connectivity index (χ1v) is 8.98. The lowest BCUT2D eigenvalue weighted by Crippen LogP contribution is -2.34. The van der Waals surface area contributed by atoms with Crippen molar-refractivity contribution in [3.63, 3.8) is 0 Å². The molecule has 1 aliphatic rings. The molecule has 0 spiro atoms. The van der Waals surface area contributed by atoms with Crippen molar-refractivity contribution < 1.29 is 0 Å².